The summed E-state index contributed by atoms with van der Waals surface area (Å²) in [6.45, 7) is 2.89. The smallest absolute Gasteiger partial charge is 0.348 e. The number of cyclic esters (lactones) is 2. The van der Waals surface area contributed by atoms with Crippen LogP contribution in [0.1, 0.15) is 25.0 Å². The highest BCUT2D eigenvalue weighted by Crippen LogP contribution is 2.24. The van der Waals surface area contributed by atoms with Crippen LogP contribution in [0.25, 0.3) is 6.08 Å². The van der Waals surface area contributed by atoms with Crippen molar-refractivity contribution in [3.05, 3.63) is 40.7 Å². The minimum absolute atomic E-state index is 0.0991. The van der Waals surface area contributed by atoms with Gasteiger partial charge >= 0.3 is 11.9 Å². The largest absolute Gasteiger partial charge is 0.419 e. The molecule has 0 spiro atoms. The summed E-state index contributed by atoms with van der Waals surface area (Å²) in [5, 5.41) is 0. The normalized spacial score (nSPS) is 17.0. The number of terminal acetylenes is 1. The number of halogens is 1. The van der Waals surface area contributed by atoms with Crippen molar-refractivity contribution in [2.24, 2.45) is 0 Å². The number of ether oxygens (including phenoxy) is 2. The van der Waals surface area contributed by atoms with E-state index in [1.165, 1.54) is 32.1 Å². The van der Waals surface area contributed by atoms with Gasteiger partial charge in [-0.15, -0.1) is 6.42 Å². The first-order chi connectivity index (χ1) is 9.32. The average molecular weight is 274 g/mol. The SMILES string of the molecule is C#Cc1ccc(C=C2C(=O)OC(C)(C)OC2=O)cc1F. The molecule has 20 heavy (non-hydrogen) atoms. The molecule has 0 radical (unpaired) electrons. The Hall–Kier alpha value is -2.61. The molecule has 0 amide bonds. The molecular weight excluding hydrogens is 263 g/mol. The van der Waals surface area contributed by atoms with Gasteiger partial charge in [-0.3, -0.25) is 0 Å². The second-order valence-electron chi connectivity index (χ2n) is 4.62. The lowest BCUT2D eigenvalue weighted by Gasteiger charge is -2.29. The van der Waals surface area contributed by atoms with Crippen molar-refractivity contribution in [1.82, 2.24) is 0 Å². The first-order valence-corrected chi connectivity index (χ1v) is 5.77. The van der Waals surface area contributed by atoms with E-state index in [0.29, 0.717) is 5.56 Å². The molecule has 1 aromatic rings. The van der Waals surface area contributed by atoms with Crippen molar-refractivity contribution in [3.8, 4) is 12.3 Å². The molecule has 0 aromatic heterocycles. The first-order valence-electron chi connectivity index (χ1n) is 5.77. The maximum Gasteiger partial charge on any atom is 0.348 e. The second-order valence-corrected chi connectivity index (χ2v) is 4.62. The molecule has 0 saturated carbocycles. The number of rotatable bonds is 1. The predicted molar refractivity (Wildman–Crippen MR) is 68.6 cm³/mol. The Kier molecular flexibility index (Phi) is 3.33. The Labute approximate surface area is 115 Å². The lowest BCUT2D eigenvalue weighted by atomic mass is 10.1. The summed E-state index contributed by atoms with van der Waals surface area (Å²) in [4.78, 5) is 23.4. The Morgan fingerprint density at radius 3 is 2.35 bits per heavy atom. The molecule has 0 aliphatic carbocycles. The fourth-order valence-corrected chi connectivity index (χ4v) is 1.68. The average Bonchev–Trinajstić information content (AvgIpc) is 2.33. The third-order valence-electron chi connectivity index (χ3n) is 2.58. The van der Waals surface area contributed by atoms with E-state index in [0.717, 1.165) is 6.07 Å². The topological polar surface area (TPSA) is 52.6 Å². The maximum atomic E-state index is 13.5. The zero-order valence-electron chi connectivity index (χ0n) is 10.9. The molecule has 1 saturated heterocycles. The molecule has 0 unspecified atom stereocenters. The molecule has 1 fully saturated rings. The second kappa shape index (κ2) is 4.82. The molecule has 1 aliphatic heterocycles. The zero-order valence-corrected chi connectivity index (χ0v) is 10.9. The van der Waals surface area contributed by atoms with Crippen molar-refractivity contribution in [2.75, 3.05) is 0 Å². The van der Waals surface area contributed by atoms with Crippen molar-refractivity contribution in [2.45, 2.75) is 19.6 Å². The summed E-state index contributed by atoms with van der Waals surface area (Å²) in [5.41, 5.74) is 0.115. The van der Waals surface area contributed by atoms with Crippen molar-refractivity contribution >= 4 is 18.0 Å². The Bertz CT molecular complexity index is 643. The highest BCUT2D eigenvalue weighted by molar-refractivity contribution is 6.18. The molecule has 0 N–H and O–H groups in total. The Morgan fingerprint density at radius 1 is 1.25 bits per heavy atom. The van der Waals surface area contributed by atoms with Gasteiger partial charge in [0.25, 0.3) is 5.79 Å². The van der Waals surface area contributed by atoms with Crippen LogP contribution in [0.3, 0.4) is 0 Å². The lowest BCUT2D eigenvalue weighted by molar-refractivity contribution is -0.222. The number of carbonyl (C=O) groups excluding carboxylic acids is 2. The van der Waals surface area contributed by atoms with Gasteiger partial charge in [0.15, 0.2) is 0 Å². The molecule has 1 aliphatic rings. The van der Waals surface area contributed by atoms with Crippen LogP contribution in [0.5, 0.6) is 0 Å². The van der Waals surface area contributed by atoms with Gasteiger partial charge in [-0.25, -0.2) is 14.0 Å². The molecule has 0 atom stereocenters. The van der Waals surface area contributed by atoms with Crippen LogP contribution in [0.15, 0.2) is 23.8 Å². The van der Waals surface area contributed by atoms with E-state index in [4.69, 9.17) is 15.9 Å². The monoisotopic (exact) mass is 274 g/mol. The van der Waals surface area contributed by atoms with Crippen molar-refractivity contribution in [1.29, 1.82) is 0 Å². The van der Waals surface area contributed by atoms with Crippen LogP contribution in [0, 0.1) is 18.2 Å². The van der Waals surface area contributed by atoms with Crippen LogP contribution < -0.4 is 0 Å². The van der Waals surface area contributed by atoms with Gasteiger partial charge in [-0.1, -0.05) is 12.0 Å². The van der Waals surface area contributed by atoms with Gasteiger partial charge < -0.3 is 9.47 Å². The fourth-order valence-electron chi connectivity index (χ4n) is 1.68. The standard InChI is InChI=1S/C15H11FO4/c1-4-10-6-5-9(8-12(10)16)7-11-13(17)19-15(2,3)20-14(11)18/h1,5-8H,2-3H3. The van der Waals surface area contributed by atoms with Crippen LogP contribution >= 0.6 is 0 Å². The predicted octanol–water partition coefficient (Wildman–Crippen LogP) is 2.03. The van der Waals surface area contributed by atoms with Crippen LogP contribution in [-0.2, 0) is 19.1 Å². The summed E-state index contributed by atoms with van der Waals surface area (Å²) in [5.74, 6) is -1.36. The van der Waals surface area contributed by atoms with E-state index in [1.54, 1.807) is 0 Å². The molecule has 4 nitrogen and oxygen atoms in total. The molecule has 1 heterocycles. The minimum Gasteiger partial charge on any atom is -0.419 e. The van der Waals surface area contributed by atoms with Gasteiger partial charge in [-0.2, -0.15) is 0 Å². The summed E-state index contributed by atoms with van der Waals surface area (Å²) in [6, 6.07) is 4.00. The zero-order chi connectivity index (χ0) is 14.9. The van der Waals surface area contributed by atoms with E-state index in [9.17, 15) is 14.0 Å². The van der Waals surface area contributed by atoms with E-state index >= 15 is 0 Å². The lowest BCUT2D eigenvalue weighted by Crippen LogP contribution is -2.41. The van der Waals surface area contributed by atoms with Crippen molar-refractivity contribution < 1.29 is 23.5 Å². The van der Waals surface area contributed by atoms with Gasteiger partial charge in [0.2, 0.25) is 0 Å². The van der Waals surface area contributed by atoms with Gasteiger partial charge in [0.1, 0.15) is 11.4 Å². The molecule has 2 rings (SSSR count). The van der Waals surface area contributed by atoms with E-state index in [2.05, 4.69) is 5.92 Å². The summed E-state index contributed by atoms with van der Waals surface area (Å²) in [6.07, 6.45) is 6.30. The van der Waals surface area contributed by atoms with Gasteiger partial charge in [0, 0.05) is 13.8 Å². The summed E-state index contributed by atoms with van der Waals surface area (Å²) >= 11 is 0. The van der Waals surface area contributed by atoms with Gasteiger partial charge in [-0.05, 0) is 23.8 Å². The number of benzene rings is 1. The van der Waals surface area contributed by atoms with Crippen LogP contribution in [-0.4, -0.2) is 17.7 Å². The van der Waals surface area contributed by atoms with E-state index < -0.39 is 23.5 Å². The van der Waals surface area contributed by atoms with Crippen molar-refractivity contribution in [3.63, 3.8) is 0 Å². The molecule has 0 bridgehead atoms. The fraction of sp³-hybridized carbons (Fsp3) is 0.200. The van der Waals surface area contributed by atoms with Crippen LogP contribution in [0.4, 0.5) is 4.39 Å². The Balaban J connectivity index is 2.36. The quantitative estimate of drug-likeness (QED) is 0.340. The van der Waals surface area contributed by atoms with E-state index in [-0.39, 0.29) is 11.1 Å². The third-order valence-corrected chi connectivity index (χ3v) is 2.58. The van der Waals surface area contributed by atoms with Gasteiger partial charge in [0.05, 0.1) is 5.56 Å². The number of hydrogen-bond donors (Lipinski definition) is 0. The molecule has 102 valence electrons. The van der Waals surface area contributed by atoms with E-state index in [1.807, 2.05) is 0 Å². The first kappa shape index (κ1) is 13.8. The molecule has 5 heteroatoms. The number of hydrogen-bond acceptors (Lipinski definition) is 4. The number of esters is 2. The Morgan fingerprint density at radius 2 is 1.85 bits per heavy atom. The highest BCUT2D eigenvalue weighted by atomic mass is 19.1. The minimum atomic E-state index is -1.30. The highest BCUT2D eigenvalue weighted by Gasteiger charge is 2.38. The van der Waals surface area contributed by atoms with Crippen LogP contribution in [0.2, 0.25) is 0 Å². The third kappa shape index (κ3) is 2.69. The summed E-state index contributed by atoms with van der Waals surface area (Å²) in [7, 11) is 0. The summed E-state index contributed by atoms with van der Waals surface area (Å²) < 4.78 is 23.4. The maximum absolute atomic E-state index is 13.5. The number of carbonyl (C=O) groups is 2. The molecule has 1 aromatic carbocycles. The molecular formula is C15H11FO4.